The Morgan fingerprint density at radius 1 is 0.913 bits per heavy atom. The number of pyridine rings is 1. The van der Waals surface area contributed by atoms with Crippen LogP contribution in [0.15, 0.2) is 60.9 Å². The molecule has 0 amide bonds. The highest BCUT2D eigenvalue weighted by atomic mass is 15.1. The van der Waals surface area contributed by atoms with Crippen molar-refractivity contribution in [1.82, 2.24) is 9.88 Å². The van der Waals surface area contributed by atoms with E-state index in [9.17, 15) is 0 Å². The number of unbranched alkanes of at least 4 members (excludes halogenated alkanes) is 2. The first-order valence-electron chi connectivity index (χ1n) is 8.77. The molecule has 0 radical (unpaired) electrons. The van der Waals surface area contributed by atoms with Gasteiger partial charge in [0.2, 0.25) is 0 Å². The highest BCUT2D eigenvalue weighted by molar-refractivity contribution is 5.66. The monoisotopic (exact) mass is 306 g/mol. The van der Waals surface area contributed by atoms with Crippen LogP contribution in [0.3, 0.4) is 0 Å². The van der Waals surface area contributed by atoms with E-state index < -0.39 is 0 Å². The van der Waals surface area contributed by atoms with Gasteiger partial charge in [0, 0.05) is 25.5 Å². The van der Waals surface area contributed by atoms with Crippen LogP contribution in [0.4, 0.5) is 0 Å². The van der Waals surface area contributed by atoms with Gasteiger partial charge in [-0.1, -0.05) is 42.8 Å². The molecule has 1 aromatic heterocycles. The first-order valence-corrected chi connectivity index (χ1v) is 8.77. The van der Waals surface area contributed by atoms with Gasteiger partial charge in [-0.25, -0.2) is 0 Å². The molecule has 0 unspecified atom stereocenters. The van der Waals surface area contributed by atoms with E-state index in [0.29, 0.717) is 0 Å². The van der Waals surface area contributed by atoms with E-state index in [1.54, 1.807) is 0 Å². The molecule has 0 saturated heterocycles. The van der Waals surface area contributed by atoms with Crippen molar-refractivity contribution < 1.29 is 0 Å². The van der Waals surface area contributed by atoms with E-state index in [-0.39, 0.29) is 0 Å². The van der Waals surface area contributed by atoms with Crippen molar-refractivity contribution >= 4 is 5.57 Å². The third-order valence-electron chi connectivity index (χ3n) is 4.63. The van der Waals surface area contributed by atoms with Gasteiger partial charge in [0.25, 0.3) is 0 Å². The SMILES string of the molecule is C1=C(c2ccccc2)CCN(CCCCCc2ccncc2)C1. The Morgan fingerprint density at radius 2 is 1.74 bits per heavy atom. The van der Waals surface area contributed by atoms with Gasteiger partial charge in [-0.3, -0.25) is 9.88 Å². The van der Waals surface area contributed by atoms with Crippen LogP contribution >= 0.6 is 0 Å². The van der Waals surface area contributed by atoms with Crippen molar-refractivity contribution in [2.45, 2.75) is 32.1 Å². The summed E-state index contributed by atoms with van der Waals surface area (Å²) in [5.41, 5.74) is 4.32. The zero-order valence-corrected chi connectivity index (χ0v) is 13.8. The molecule has 0 N–H and O–H groups in total. The molecular formula is C21H26N2. The summed E-state index contributed by atoms with van der Waals surface area (Å²) in [6.45, 7) is 3.54. The molecule has 120 valence electrons. The van der Waals surface area contributed by atoms with E-state index in [1.807, 2.05) is 12.4 Å². The first kappa shape index (κ1) is 15.9. The third kappa shape index (κ3) is 5.04. The number of nitrogens with zero attached hydrogens (tertiary/aromatic N) is 2. The Bertz CT molecular complexity index is 604. The van der Waals surface area contributed by atoms with E-state index >= 15 is 0 Å². The summed E-state index contributed by atoms with van der Waals surface area (Å²) in [4.78, 5) is 6.65. The molecule has 0 bridgehead atoms. The minimum Gasteiger partial charge on any atom is -0.299 e. The normalized spacial score (nSPS) is 15.4. The molecule has 1 aromatic carbocycles. The Kier molecular flexibility index (Phi) is 5.99. The minimum atomic E-state index is 1.11. The van der Waals surface area contributed by atoms with Crippen LogP contribution in [0.5, 0.6) is 0 Å². The van der Waals surface area contributed by atoms with Gasteiger partial charge in [0.15, 0.2) is 0 Å². The quantitative estimate of drug-likeness (QED) is 0.696. The second-order valence-electron chi connectivity index (χ2n) is 6.31. The molecular weight excluding hydrogens is 280 g/mol. The number of hydrogen-bond donors (Lipinski definition) is 0. The topological polar surface area (TPSA) is 16.1 Å². The molecule has 2 heterocycles. The average Bonchev–Trinajstić information content (AvgIpc) is 2.64. The summed E-state index contributed by atoms with van der Waals surface area (Å²) in [5, 5.41) is 0. The van der Waals surface area contributed by atoms with Crippen molar-refractivity contribution in [2.24, 2.45) is 0 Å². The van der Waals surface area contributed by atoms with Crippen LogP contribution in [0.25, 0.3) is 5.57 Å². The zero-order valence-electron chi connectivity index (χ0n) is 13.8. The summed E-state index contributed by atoms with van der Waals surface area (Å²) in [7, 11) is 0. The lowest BCUT2D eigenvalue weighted by Gasteiger charge is -2.26. The molecule has 0 fully saturated rings. The van der Waals surface area contributed by atoms with Crippen LogP contribution in [0.1, 0.15) is 36.8 Å². The summed E-state index contributed by atoms with van der Waals surface area (Å²) in [6.07, 6.45) is 12.5. The first-order chi connectivity index (χ1) is 11.4. The van der Waals surface area contributed by atoms with Crippen molar-refractivity contribution in [3.05, 3.63) is 72.1 Å². The molecule has 2 aromatic rings. The minimum absolute atomic E-state index is 1.11. The molecule has 23 heavy (non-hydrogen) atoms. The van der Waals surface area contributed by atoms with E-state index in [2.05, 4.69) is 58.4 Å². The molecule has 1 aliphatic heterocycles. The lowest BCUT2D eigenvalue weighted by molar-refractivity contribution is 0.294. The molecule has 0 spiro atoms. The van der Waals surface area contributed by atoms with Gasteiger partial charge >= 0.3 is 0 Å². The van der Waals surface area contributed by atoms with Crippen LogP contribution in [0, 0.1) is 0 Å². The summed E-state index contributed by atoms with van der Waals surface area (Å²) < 4.78 is 0. The maximum atomic E-state index is 4.07. The fraction of sp³-hybridized carbons (Fsp3) is 0.381. The van der Waals surface area contributed by atoms with Gasteiger partial charge in [0.05, 0.1) is 0 Å². The zero-order chi connectivity index (χ0) is 15.7. The van der Waals surface area contributed by atoms with Crippen molar-refractivity contribution in [1.29, 1.82) is 0 Å². The van der Waals surface area contributed by atoms with E-state index in [0.717, 1.165) is 6.54 Å². The number of benzene rings is 1. The lowest BCUT2D eigenvalue weighted by Crippen LogP contribution is -2.29. The van der Waals surface area contributed by atoms with Crippen molar-refractivity contribution in [2.75, 3.05) is 19.6 Å². The van der Waals surface area contributed by atoms with Gasteiger partial charge in [-0.2, -0.15) is 0 Å². The van der Waals surface area contributed by atoms with Gasteiger partial charge < -0.3 is 0 Å². The second kappa shape index (κ2) is 8.64. The number of rotatable bonds is 7. The van der Waals surface area contributed by atoms with Crippen molar-refractivity contribution in [3.8, 4) is 0 Å². The van der Waals surface area contributed by atoms with Crippen LogP contribution in [0.2, 0.25) is 0 Å². The highest BCUT2D eigenvalue weighted by Crippen LogP contribution is 2.22. The molecule has 3 rings (SSSR count). The summed E-state index contributed by atoms with van der Waals surface area (Å²) in [6, 6.07) is 15.0. The van der Waals surface area contributed by atoms with E-state index in [4.69, 9.17) is 0 Å². The maximum Gasteiger partial charge on any atom is 0.0270 e. The average molecular weight is 306 g/mol. The molecule has 0 atom stereocenters. The number of aryl methyl sites for hydroxylation is 1. The molecule has 2 heteroatoms. The fourth-order valence-corrected chi connectivity index (χ4v) is 3.22. The Balaban J connectivity index is 1.34. The second-order valence-corrected chi connectivity index (χ2v) is 6.31. The maximum absolute atomic E-state index is 4.07. The van der Waals surface area contributed by atoms with Crippen molar-refractivity contribution in [3.63, 3.8) is 0 Å². The lowest BCUT2D eigenvalue weighted by atomic mass is 9.99. The van der Waals surface area contributed by atoms with Crippen LogP contribution < -0.4 is 0 Å². The number of hydrogen-bond acceptors (Lipinski definition) is 2. The Hall–Kier alpha value is -1.93. The van der Waals surface area contributed by atoms with E-state index in [1.165, 1.54) is 61.9 Å². The van der Waals surface area contributed by atoms with Gasteiger partial charge in [-0.15, -0.1) is 0 Å². The highest BCUT2D eigenvalue weighted by Gasteiger charge is 2.12. The van der Waals surface area contributed by atoms with Gasteiger partial charge in [-0.05, 0) is 61.1 Å². The Labute approximate surface area is 139 Å². The predicted octanol–water partition coefficient (Wildman–Crippen LogP) is 4.58. The molecule has 2 nitrogen and oxygen atoms in total. The Morgan fingerprint density at radius 3 is 2.48 bits per heavy atom. The summed E-state index contributed by atoms with van der Waals surface area (Å²) >= 11 is 0. The van der Waals surface area contributed by atoms with Crippen LogP contribution in [-0.2, 0) is 6.42 Å². The molecule has 0 saturated carbocycles. The predicted molar refractivity (Wildman–Crippen MR) is 97.3 cm³/mol. The standard InChI is InChI=1S/C21H26N2/c1-4-8-20(9-5-1)21-12-17-23(18-13-21)16-6-2-3-7-19-10-14-22-15-11-19/h1,4-5,8-12,14-15H,2-3,6-7,13,16-18H2. The fourth-order valence-electron chi connectivity index (χ4n) is 3.22. The number of aromatic nitrogens is 1. The molecule has 1 aliphatic rings. The van der Waals surface area contributed by atoms with Gasteiger partial charge in [0.1, 0.15) is 0 Å². The molecule has 0 aliphatic carbocycles. The largest absolute Gasteiger partial charge is 0.299 e. The summed E-state index contributed by atoms with van der Waals surface area (Å²) in [5.74, 6) is 0. The van der Waals surface area contributed by atoms with Crippen LogP contribution in [-0.4, -0.2) is 29.5 Å². The smallest absolute Gasteiger partial charge is 0.0270 e. The third-order valence-corrected chi connectivity index (χ3v) is 4.63.